The summed E-state index contributed by atoms with van der Waals surface area (Å²) in [5.74, 6) is -1.91. The lowest BCUT2D eigenvalue weighted by atomic mass is 10.1. The number of nitrogens with one attached hydrogen (secondary N) is 2. The number of esters is 1. The largest absolute Gasteiger partial charge is 0.452 e. The molecule has 10 nitrogen and oxygen atoms in total. The molecule has 2 aromatic carbocycles. The molecule has 34 heavy (non-hydrogen) atoms. The van der Waals surface area contributed by atoms with Crippen LogP contribution in [-0.4, -0.2) is 48.9 Å². The van der Waals surface area contributed by atoms with E-state index >= 15 is 0 Å². The quantitative estimate of drug-likeness (QED) is 0.346. The minimum Gasteiger partial charge on any atom is -0.452 e. The lowest BCUT2D eigenvalue weighted by Gasteiger charge is -2.20. The molecular formula is C24H28N4O6. The Balaban J connectivity index is 1.57. The minimum absolute atomic E-state index is 0.0342. The third-order valence-corrected chi connectivity index (χ3v) is 5.58. The Morgan fingerprint density at radius 1 is 1.03 bits per heavy atom. The maximum absolute atomic E-state index is 12.7. The summed E-state index contributed by atoms with van der Waals surface area (Å²) in [6.07, 6.45) is 1.91. The summed E-state index contributed by atoms with van der Waals surface area (Å²) in [7, 11) is 0. The zero-order valence-corrected chi connectivity index (χ0v) is 19.5. The van der Waals surface area contributed by atoms with E-state index in [9.17, 15) is 24.5 Å². The molecule has 180 valence electrons. The number of non-ortho nitro benzene ring substituents is 1. The molecule has 1 saturated heterocycles. The Hall–Kier alpha value is -3.95. The Labute approximate surface area is 197 Å². The van der Waals surface area contributed by atoms with Gasteiger partial charge in [0.05, 0.1) is 22.7 Å². The van der Waals surface area contributed by atoms with E-state index in [-0.39, 0.29) is 17.8 Å². The molecule has 0 atom stereocenters. The number of rotatable bonds is 8. The molecule has 0 spiro atoms. The van der Waals surface area contributed by atoms with Crippen molar-refractivity contribution in [1.82, 2.24) is 5.32 Å². The predicted octanol–water partition coefficient (Wildman–Crippen LogP) is 3.03. The van der Waals surface area contributed by atoms with Crippen LogP contribution in [0.4, 0.5) is 17.1 Å². The van der Waals surface area contributed by atoms with Crippen molar-refractivity contribution in [3.63, 3.8) is 0 Å². The zero-order valence-electron chi connectivity index (χ0n) is 19.5. The average molecular weight is 469 g/mol. The van der Waals surface area contributed by atoms with Crippen LogP contribution >= 0.6 is 0 Å². The fourth-order valence-corrected chi connectivity index (χ4v) is 4.03. The second-order valence-electron chi connectivity index (χ2n) is 8.33. The van der Waals surface area contributed by atoms with Crippen LogP contribution in [0.1, 0.15) is 39.9 Å². The molecule has 2 N–H and O–H groups in total. The fraction of sp³-hybridized carbons (Fsp3) is 0.375. The van der Waals surface area contributed by atoms with Gasteiger partial charge in [-0.05, 0) is 50.8 Å². The highest BCUT2D eigenvalue weighted by Crippen LogP contribution is 2.29. The first-order valence-electron chi connectivity index (χ1n) is 11.0. The van der Waals surface area contributed by atoms with Crippen LogP contribution in [-0.2, 0) is 14.3 Å². The molecule has 3 rings (SSSR count). The molecule has 1 aliphatic heterocycles. The average Bonchev–Trinajstić information content (AvgIpc) is 3.32. The Morgan fingerprint density at radius 2 is 1.68 bits per heavy atom. The van der Waals surface area contributed by atoms with Crippen LogP contribution in [0.5, 0.6) is 0 Å². The van der Waals surface area contributed by atoms with Gasteiger partial charge in [-0.1, -0.05) is 17.7 Å². The Kier molecular flexibility index (Phi) is 7.83. The summed E-state index contributed by atoms with van der Waals surface area (Å²) in [6.45, 7) is 6.29. The van der Waals surface area contributed by atoms with Gasteiger partial charge in [-0.2, -0.15) is 0 Å². The van der Waals surface area contributed by atoms with E-state index in [0.717, 1.165) is 48.7 Å². The molecule has 0 aliphatic carbocycles. The van der Waals surface area contributed by atoms with Crippen LogP contribution in [0, 0.1) is 30.9 Å². The number of hydrogen-bond acceptors (Lipinski definition) is 7. The van der Waals surface area contributed by atoms with Crippen molar-refractivity contribution < 1.29 is 24.0 Å². The molecule has 0 bridgehead atoms. The second kappa shape index (κ2) is 10.8. The number of carbonyl (C=O) groups is 3. The van der Waals surface area contributed by atoms with Crippen molar-refractivity contribution in [2.45, 2.75) is 33.6 Å². The molecule has 10 heteroatoms. The van der Waals surface area contributed by atoms with E-state index in [1.54, 1.807) is 0 Å². The van der Waals surface area contributed by atoms with Crippen molar-refractivity contribution in [3.8, 4) is 0 Å². The van der Waals surface area contributed by atoms with Crippen molar-refractivity contribution in [1.29, 1.82) is 0 Å². The standard InChI is InChI=1S/C24H28N4O6/c1-15-10-16(2)23(17(3)11-15)26-21(29)13-25-22(30)14-34-24(31)19-12-18(28(32)33)6-7-20(19)27-8-4-5-9-27/h6-7,10-12H,4-5,8-9,13-14H2,1-3H3,(H,25,30)(H,26,29). The van der Waals surface area contributed by atoms with Gasteiger partial charge in [0.1, 0.15) is 0 Å². The first kappa shape index (κ1) is 24.7. The lowest BCUT2D eigenvalue weighted by Crippen LogP contribution is -2.36. The number of anilines is 2. The van der Waals surface area contributed by atoms with Crippen molar-refractivity contribution in [2.75, 3.05) is 36.5 Å². The predicted molar refractivity (Wildman–Crippen MR) is 127 cm³/mol. The van der Waals surface area contributed by atoms with Crippen LogP contribution in [0.3, 0.4) is 0 Å². The summed E-state index contributed by atoms with van der Waals surface area (Å²) in [6, 6.07) is 7.93. The molecule has 2 amide bonds. The van der Waals surface area contributed by atoms with Crippen LogP contribution in [0.15, 0.2) is 30.3 Å². The van der Waals surface area contributed by atoms with Crippen LogP contribution < -0.4 is 15.5 Å². The molecule has 1 heterocycles. The van der Waals surface area contributed by atoms with Gasteiger partial charge in [-0.3, -0.25) is 19.7 Å². The highest BCUT2D eigenvalue weighted by Gasteiger charge is 2.24. The highest BCUT2D eigenvalue weighted by molar-refractivity contribution is 5.99. The van der Waals surface area contributed by atoms with Gasteiger partial charge in [-0.15, -0.1) is 0 Å². The first-order valence-corrected chi connectivity index (χ1v) is 11.0. The van der Waals surface area contributed by atoms with Crippen LogP contribution in [0.2, 0.25) is 0 Å². The van der Waals surface area contributed by atoms with E-state index in [1.807, 2.05) is 37.8 Å². The first-order chi connectivity index (χ1) is 16.2. The van der Waals surface area contributed by atoms with Crippen LogP contribution in [0.25, 0.3) is 0 Å². The molecule has 0 unspecified atom stereocenters. The van der Waals surface area contributed by atoms with Crippen molar-refractivity contribution in [2.24, 2.45) is 0 Å². The monoisotopic (exact) mass is 468 g/mol. The molecule has 0 radical (unpaired) electrons. The number of carbonyl (C=O) groups excluding carboxylic acids is 3. The zero-order chi connectivity index (χ0) is 24.8. The molecule has 1 fully saturated rings. The van der Waals surface area contributed by atoms with Gasteiger partial charge in [0, 0.05) is 30.9 Å². The summed E-state index contributed by atoms with van der Waals surface area (Å²) in [5.41, 5.74) is 3.94. The normalized spacial score (nSPS) is 12.9. The maximum atomic E-state index is 12.7. The number of ether oxygens (including phenoxy) is 1. The van der Waals surface area contributed by atoms with Gasteiger partial charge in [0.25, 0.3) is 11.6 Å². The Morgan fingerprint density at radius 3 is 2.29 bits per heavy atom. The van der Waals surface area contributed by atoms with Gasteiger partial charge in [0.15, 0.2) is 6.61 Å². The van der Waals surface area contributed by atoms with E-state index in [1.165, 1.54) is 12.1 Å². The number of hydrogen-bond donors (Lipinski definition) is 2. The summed E-state index contributed by atoms with van der Waals surface area (Å²) < 4.78 is 5.09. The van der Waals surface area contributed by atoms with E-state index in [0.29, 0.717) is 11.4 Å². The SMILES string of the molecule is Cc1cc(C)c(NC(=O)CNC(=O)COC(=O)c2cc([N+](=O)[O-])ccc2N2CCCC2)c(C)c1. The van der Waals surface area contributed by atoms with E-state index in [4.69, 9.17) is 4.74 Å². The highest BCUT2D eigenvalue weighted by atomic mass is 16.6. The lowest BCUT2D eigenvalue weighted by molar-refractivity contribution is -0.384. The molecular weight excluding hydrogens is 440 g/mol. The summed E-state index contributed by atoms with van der Waals surface area (Å²) in [4.78, 5) is 49.6. The summed E-state index contributed by atoms with van der Waals surface area (Å²) in [5, 5.41) is 16.3. The topological polar surface area (TPSA) is 131 Å². The Bertz CT molecular complexity index is 1100. The fourth-order valence-electron chi connectivity index (χ4n) is 4.03. The third kappa shape index (κ3) is 6.09. The van der Waals surface area contributed by atoms with Gasteiger partial charge >= 0.3 is 5.97 Å². The number of nitro groups is 1. The smallest absolute Gasteiger partial charge is 0.341 e. The number of nitrogens with zero attached hydrogens (tertiary/aromatic N) is 2. The minimum atomic E-state index is -0.837. The molecule has 0 aromatic heterocycles. The third-order valence-electron chi connectivity index (χ3n) is 5.58. The van der Waals surface area contributed by atoms with Gasteiger partial charge in [0.2, 0.25) is 5.91 Å². The molecule has 0 saturated carbocycles. The van der Waals surface area contributed by atoms with Gasteiger partial charge in [-0.25, -0.2) is 4.79 Å². The molecule has 2 aromatic rings. The van der Waals surface area contributed by atoms with Crippen molar-refractivity contribution >= 4 is 34.8 Å². The number of benzene rings is 2. The number of nitro benzene ring substituents is 1. The second-order valence-corrected chi connectivity index (χ2v) is 8.33. The maximum Gasteiger partial charge on any atom is 0.341 e. The van der Waals surface area contributed by atoms with Crippen molar-refractivity contribution in [3.05, 3.63) is 62.7 Å². The van der Waals surface area contributed by atoms with Gasteiger partial charge < -0.3 is 20.3 Å². The number of amides is 2. The molecule has 1 aliphatic rings. The summed E-state index contributed by atoms with van der Waals surface area (Å²) >= 11 is 0. The van der Waals surface area contributed by atoms with E-state index in [2.05, 4.69) is 10.6 Å². The number of aryl methyl sites for hydroxylation is 3. The van der Waals surface area contributed by atoms with E-state index < -0.39 is 29.3 Å².